The molecule has 5 nitrogen and oxygen atoms in total. The van der Waals surface area contributed by atoms with Crippen LogP contribution in [0.25, 0.3) is 0 Å². The van der Waals surface area contributed by atoms with Gasteiger partial charge in [0.15, 0.2) is 9.84 Å². The van der Waals surface area contributed by atoms with Crippen LogP contribution in [0, 0.1) is 12.8 Å². The Morgan fingerprint density at radius 2 is 1.96 bits per heavy atom. The molecule has 23 heavy (non-hydrogen) atoms. The molecule has 1 aliphatic rings. The van der Waals surface area contributed by atoms with E-state index in [9.17, 15) is 13.2 Å². The number of aryl methyl sites for hydroxylation is 1. The lowest BCUT2D eigenvalue weighted by Gasteiger charge is -2.29. The predicted octanol–water partition coefficient (Wildman–Crippen LogP) is 2.51. The van der Waals surface area contributed by atoms with Crippen LogP contribution in [0.15, 0.2) is 23.1 Å². The Kier molecular flexibility index (Phi) is 5.68. The van der Waals surface area contributed by atoms with E-state index >= 15 is 0 Å². The SMILES string of the molecule is Cc1ccc(S(C)(=O)=O)cc1NCC(=O)N[C@@H]1CCCC[C@H]1C. The minimum Gasteiger partial charge on any atom is -0.376 e. The summed E-state index contributed by atoms with van der Waals surface area (Å²) in [6.07, 6.45) is 5.78. The summed E-state index contributed by atoms with van der Waals surface area (Å²) >= 11 is 0. The normalized spacial score (nSPS) is 21.7. The molecule has 0 aromatic heterocycles. The highest BCUT2D eigenvalue weighted by molar-refractivity contribution is 7.90. The van der Waals surface area contributed by atoms with Crippen LogP contribution in [0.2, 0.25) is 0 Å². The number of benzene rings is 1. The maximum atomic E-state index is 12.1. The highest BCUT2D eigenvalue weighted by Crippen LogP contribution is 2.24. The fourth-order valence-electron chi connectivity index (χ4n) is 2.99. The Morgan fingerprint density at radius 3 is 2.61 bits per heavy atom. The van der Waals surface area contributed by atoms with Gasteiger partial charge in [0.25, 0.3) is 0 Å². The molecular formula is C17H26N2O3S. The number of hydrogen-bond acceptors (Lipinski definition) is 4. The largest absolute Gasteiger partial charge is 0.376 e. The lowest BCUT2D eigenvalue weighted by Crippen LogP contribution is -2.43. The second-order valence-corrected chi connectivity index (χ2v) is 8.55. The van der Waals surface area contributed by atoms with Crippen molar-refractivity contribution in [1.29, 1.82) is 0 Å². The summed E-state index contributed by atoms with van der Waals surface area (Å²) in [6, 6.07) is 5.17. The minimum atomic E-state index is -3.25. The Morgan fingerprint density at radius 1 is 1.26 bits per heavy atom. The molecule has 2 atom stereocenters. The lowest BCUT2D eigenvalue weighted by molar-refractivity contribution is -0.120. The molecule has 6 heteroatoms. The summed E-state index contributed by atoms with van der Waals surface area (Å²) < 4.78 is 23.3. The van der Waals surface area contributed by atoms with E-state index in [1.807, 2.05) is 6.92 Å². The van der Waals surface area contributed by atoms with Crippen LogP contribution in [0.5, 0.6) is 0 Å². The lowest BCUT2D eigenvalue weighted by atomic mass is 9.86. The Labute approximate surface area is 138 Å². The monoisotopic (exact) mass is 338 g/mol. The van der Waals surface area contributed by atoms with E-state index in [1.165, 1.54) is 12.7 Å². The molecule has 0 heterocycles. The Bertz CT molecular complexity index is 670. The molecule has 0 aliphatic heterocycles. The minimum absolute atomic E-state index is 0.0482. The molecule has 0 unspecified atom stereocenters. The van der Waals surface area contributed by atoms with Gasteiger partial charge >= 0.3 is 0 Å². The van der Waals surface area contributed by atoms with E-state index in [2.05, 4.69) is 17.6 Å². The van der Waals surface area contributed by atoms with Crippen LogP contribution < -0.4 is 10.6 Å². The van der Waals surface area contributed by atoms with Gasteiger partial charge in [-0.3, -0.25) is 4.79 Å². The van der Waals surface area contributed by atoms with Crippen molar-refractivity contribution in [3.63, 3.8) is 0 Å². The van der Waals surface area contributed by atoms with E-state index < -0.39 is 9.84 Å². The van der Waals surface area contributed by atoms with Crippen molar-refractivity contribution in [2.45, 2.75) is 50.5 Å². The van der Waals surface area contributed by atoms with Gasteiger partial charge in [-0.15, -0.1) is 0 Å². The summed E-state index contributed by atoms with van der Waals surface area (Å²) in [5.41, 5.74) is 1.59. The van der Waals surface area contributed by atoms with E-state index in [0.717, 1.165) is 24.8 Å². The molecular weight excluding hydrogens is 312 g/mol. The third-order valence-corrected chi connectivity index (χ3v) is 5.64. The van der Waals surface area contributed by atoms with Crippen LogP contribution in [-0.4, -0.2) is 33.2 Å². The van der Waals surface area contributed by atoms with Crippen molar-refractivity contribution >= 4 is 21.4 Å². The molecule has 1 saturated carbocycles. The number of rotatable bonds is 5. The first-order valence-corrected chi connectivity index (χ1v) is 10.0. The standard InChI is InChI=1S/C17H26N2O3S/c1-12-6-4-5-7-15(12)19-17(20)11-18-16-10-14(23(3,21)22)9-8-13(16)2/h8-10,12,15,18H,4-7,11H2,1-3H3,(H,19,20)/t12-,15-/m1/s1. The fourth-order valence-corrected chi connectivity index (χ4v) is 3.63. The van der Waals surface area contributed by atoms with Gasteiger partial charge in [0.1, 0.15) is 0 Å². The number of nitrogens with one attached hydrogen (secondary N) is 2. The second kappa shape index (κ2) is 7.34. The second-order valence-electron chi connectivity index (χ2n) is 6.54. The molecule has 2 rings (SSSR count). The smallest absolute Gasteiger partial charge is 0.239 e. The van der Waals surface area contributed by atoms with Gasteiger partial charge in [-0.05, 0) is 43.4 Å². The first-order valence-electron chi connectivity index (χ1n) is 8.11. The molecule has 2 N–H and O–H groups in total. The van der Waals surface area contributed by atoms with Crippen LogP contribution >= 0.6 is 0 Å². The number of amides is 1. The summed E-state index contributed by atoms with van der Waals surface area (Å²) in [5, 5.41) is 6.14. The zero-order chi connectivity index (χ0) is 17.0. The average molecular weight is 338 g/mol. The van der Waals surface area contributed by atoms with E-state index in [-0.39, 0.29) is 23.4 Å². The quantitative estimate of drug-likeness (QED) is 0.865. The van der Waals surface area contributed by atoms with Crippen molar-refractivity contribution in [2.24, 2.45) is 5.92 Å². The zero-order valence-electron chi connectivity index (χ0n) is 14.1. The number of carbonyl (C=O) groups is 1. The average Bonchev–Trinajstić information content (AvgIpc) is 2.47. The Hall–Kier alpha value is -1.56. The van der Waals surface area contributed by atoms with E-state index in [1.54, 1.807) is 18.2 Å². The molecule has 0 radical (unpaired) electrons. The zero-order valence-corrected chi connectivity index (χ0v) is 14.9. The van der Waals surface area contributed by atoms with Crippen molar-refractivity contribution in [2.75, 3.05) is 18.1 Å². The van der Waals surface area contributed by atoms with Crippen LogP contribution in [0.3, 0.4) is 0 Å². The molecule has 0 spiro atoms. The maximum Gasteiger partial charge on any atom is 0.239 e. The maximum absolute atomic E-state index is 12.1. The van der Waals surface area contributed by atoms with Gasteiger partial charge in [-0.1, -0.05) is 25.8 Å². The molecule has 0 bridgehead atoms. The topological polar surface area (TPSA) is 75.3 Å². The van der Waals surface area contributed by atoms with Gasteiger partial charge in [0.05, 0.1) is 11.4 Å². The summed E-state index contributed by atoms with van der Waals surface area (Å²) in [5.74, 6) is 0.468. The summed E-state index contributed by atoms with van der Waals surface area (Å²) in [4.78, 5) is 12.4. The van der Waals surface area contributed by atoms with Crippen molar-refractivity contribution in [3.05, 3.63) is 23.8 Å². The molecule has 1 fully saturated rings. The highest BCUT2D eigenvalue weighted by atomic mass is 32.2. The number of sulfone groups is 1. The number of anilines is 1. The van der Waals surface area contributed by atoms with Gasteiger partial charge in [0, 0.05) is 18.0 Å². The van der Waals surface area contributed by atoms with Crippen LogP contribution in [-0.2, 0) is 14.6 Å². The van der Waals surface area contributed by atoms with Crippen LogP contribution in [0.1, 0.15) is 38.2 Å². The molecule has 1 amide bonds. The van der Waals surface area contributed by atoms with Gasteiger partial charge in [0.2, 0.25) is 5.91 Å². The van der Waals surface area contributed by atoms with E-state index in [0.29, 0.717) is 11.6 Å². The van der Waals surface area contributed by atoms with Gasteiger partial charge < -0.3 is 10.6 Å². The predicted molar refractivity (Wildman–Crippen MR) is 92.3 cm³/mol. The third kappa shape index (κ3) is 4.96. The third-order valence-electron chi connectivity index (χ3n) is 4.53. The number of carbonyl (C=O) groups excluding carboxylic acids is 1. The molecule has 1 aromatic rings. The fraction of sp³-hybridized carbons (Fsp3) is 0.588. The Balaban J connectivity index is 1.96. The molecule has 128 valence electrons. The van der Waals surface area contributed by atoms with Crippen LogP contribution in [0.4, 0.5) is 5.69 Å². The number of hydrogen-bond donors (Lipinski definition) is 2. The van der Waals surface area contributed by atoms with Gasteiger partial charge in [-0.2, -0.15) is 0 Å². The highest BCUT2D eigenvalue weighted by Gasteiger charge is 2.22. The first kappa shape index (κ1) is 17.8. The van der Waals surface area contributed by atoms with Crippen molar-refractivity contribution in [1.82, 2.24) is 5.32 Å². The molecule has 0 saturated heterocycles. The molecule has 1 aromatic carbocycles. The van der Waals surface area contributed by atoms with E-state index in [4.69, 9.17) is 0 Å². The first-order chi connectivity index (χ1) is 10.8. The summed E-state index contributed by atoms with van der Waals surface area (Å²) in [7, 11) is -3.25. The van der Waals surface area contributed by atoms with Crippen molar-refractivity contribution < 1.29 is 13.2 Å². The van der Waals surface area contributed by atoms with Crippen molar-refractivity contribution in [3.8, 4) is 0 Å². The molecule has 1 aliphatic carbocycles. The van der Waals surface area contributed by atoms with Gasteiger partial charge in [-0.25, -0.2) is 8.42 Å². The summed E-state index contributed by atoms with van der Waals surface area (Å²) in [6.45, 7) is 4.21.